The van der Waals surface area contributed by atoms with Crippen molar-refractivity contribution in [3.05, 3.63) is 0 Å². The zero-order chi connectivity index (χ0) is 15.1. The second kappa shape index (κ2) is 7.58. The highest BCUT2D eigenvalue weighted by Crippen LogP contribution is 2.11. The van der Waals surface area contributed by atoms with Gasteiger partial charge in [0.25, 0.3) is 0 Å². The fraction of sp³-hybridized carbons (Fsp3) is 0.667. The van der Waals surface area contributed by atoms with Crippen LogP contribution in [0.2, 0.25) is 0 Å². The molecule has 1 aliphatic rings. The molecular weight excluding hydrogens is 274 g/mol. The van der Waals surface area contributed by atoms with Crippen LogP contribution in [0.4, 0.5) is 11.9 Å². The predicted octanol–water partition coefficient (Wildman–Crippen LogP) is -0.0197. The number of anilines is 2. The molecule has 0 unspecified atom stereocenters. The highest BCUT2D eigenvalue weighted by Gasteiger charge is 2.16. The lowest BCUT2D eigenvalue weighted by molar-refractivity contribution is -0.131. The summed E-state index contributed by atoms with van der Waals surface area (Å²) in [7, 11) is 1.46. The zero-order valence-corrected chi connectivity index (χ0v) is 12.1. The Labute approximate surface area is 123 Å². The minimum Gasteiger partial charge on any atom is -0.467 e. The SMILES string of the molecule is COc1nc(NN)nc(NCCC(=O)N2CCCCC2)n1. The van der Waals surface area contributed by atoms with Crippen molar-refractivity contribution in [2.75, 3.05) is 37.5 Å². The van der Waals surface area contributed by atoms with E-state index in [9.17, 15) is 4.79 Å². The number of piperidine rings is 1. The summed E-state index contributed by atoms with van der Waals surface area (Å²) in [5.41, 5.74) is 2.34. The van der Waals surface area contributed by atoms with Crippen LogP contribution in [0.25, 0.3) is 0 Å². The molecule has 1 aromatic heterocycles. The number of nitrogens with zero attached hydrogens (tertiary/aromatic N) is 4. The molecule has 4 N–H and O–H groups in total. The van der Waals surface area contributed by atoms with Gasteiger partial charge in [0.2, 0.25) is 17.8 Å². The summed E-state index contributed by atoms with van der Waals surface area (Å²) in [6.45, 7) is 2.17. The topological polar surface area (TPSA) is 118 Å². The van der Waals surface area contributed by atoms with Gasteiger partial charge in [-0.3, -0.25) is 10.2 Å². The molecule has 9 heteroatoms. The monoisotopic (exact) mass is 295 g/mol. The van der Waals surface area contributed by atoms with E-state index in [0.29, 0.717) is 18.9 Å². The van der Waals surface area contributed by atoms with Crippen molar-refractivity contribution in [2.24, 2.45) is 5.84 Å². The van der Waals surface area contributed by atoms with Gasteiger partial charge in [-0.25, -0.2) is 5.84 Å². The van der Waals surface area contributed by atoms with Gasteiger partial charge in [-0.1, -0.05) is 0 Å². The van der Waals surface area contributed by atoms with Crippen LogP contribution < -0.4 is 21.3 Å². The van der Waals surface area contributed by atoms with Crippen molar-refractivity contribution in [1.82, 2.24) is 19.9 Å². The first-order chi connectivity index (χ1) is 10.2. The number of ether oxygens (including phenoxy) is 1. The summed E-state index contributed by atoms with van der Waals surface area (Å²) < 4.78 is 4.95. The normalized spacial score (nSPS) is 14.7. The maximum Gasteiger partial charge on any atom is 0.322 e. The standard InChI is InChI=1S/C12H21N7O2/c1-21-12-16-10(15-11(17-12)18-13)14-6-5-9(20)19-7-3-2-4-8-19/h2-8,13H2,1H3,(H2,14,15,16,17,18). The van der Waals surface area contributed by atoms with Gasteiger partial charge in [0, 0.05) is 26.1 Å². The second-order valence-electron chi connectivity index (χ2n) is 4.73. The summed E-state index contributed by atoms with van der Waals surface area (Å²) in [5, 5.41) is 2.98. The quantitative estimate of drug-likeness (QED) is 0.495. The highest BCUT2D eigenvalue weighted by atomic mass is 16.5. The molecule has 0 atom stereocenters. The molecule has 1 amide bonds. The lowest BCUT2D eigenvalue weighted by Crippen LogP contribution is -2.36. The van der Waals surface area contributed by atoms with Gasteiger partial charge < -0.3 is 15.0 Å². The van der Waals surface area contributed by atoms with Crippen molar-refractivity contribution in [3.63, 3.8) is 0 Å². The van der Waals surface area contributed by atoms with Crippen molar-refractivity contribution >= 4 is 17.8 Å². The second-order valence-corrected chi connectivity index (χ2v) is 4.73. The Morgan fingerprint density at radius 2 is 1.95 bits per heavy atom. The van der Waals surface area contributed by atoms with E-state index in [-0.39, 0.29) is 17.9 Å². The summed E-state index contributed by atoms with van der Waals surface area (Å²) in [4.78, 5) is 25.9. The number of rotatable bonds is 6. The molecule has 0 aromatic carbocycles. The summed E-state index contributed by atoms with van der Waals surface area (Å²) in [5.74, 6) is 5.94. The number of hydrogen-bond donors (Lipinski definition) is 3. The molecular formula is C12H21N7O2. The van der Waals surface area contributed by atoms with E-state index in [1.807, 2.05) is 4.90 Å². The van der Waals surface area contributed by atoms with E-state index in [2.05, 4.69) is 25.7 Å². The molecule has 0 spiro atoms. The average Bonchev–Trinajstić information content (AvgIpc) is 2.55. The number of carbonyl (C=O) groups is 1. The van der Waals surface area contributed by atoms with E-state index >= 15 is 0 Å². The summed E-state index contributed by atoms with van der Waals surface area (Å²) in [6.07, 6.45) is 3.80. The number of aromatic nitrogens is 3. The van der Waals surface area contributed by atoms with Gasteiger partial charge in [0.1, 0.15) is 0 Å². The van der Waals surface area contributed by atoms with Crippen LogP contribution >= 0.6 is 0 Å². The number of hydrazine groups is 1. The number of carbonyl (C=O) groups excluding carboxylic acids is 1. The summed E-state index contributed by atoms with van der Waals surface area (Å²) in [6, 6.07) is 0.155. The number of nitrogens with one attached hydrogen (secondary N) is 2. The predicted molar refractivity (Wildman–Crippen MR) is 77.7 cm³/mol. The first-order valence-electron chi connectivity index (χ1n) is 7.01. The van der Waals surface area contributed by atoms with Crippen molar-refractivity contribution in [3.8, 4) is 6.01 Å². The Morgan fingerprint density at radius 3 is 2.62 bits per heavy atom. The number of likely N-dealkylation sites (tertiary alicyclic amines) is 1. The molecule has 1 aromatic rings. The Kier molecular flexibility index (Phi) is 5.50. The molecule has 1 saturated heterocycles. The fourth-order valence-electron chi connectivity index (χ4n) is 2.17. The van der Waals surface area contributed by atoms with Crippen molar-refractivity contribution < 1.29 is 9.53 Å². The molecule has 0 radical (unpaired) electrons. The number of methoxy groups -OCH3 is 1. The van der Waals surface area contributed by atoms with Crippen LogP contribution in [-0.2, 0) is 4.79 Å². The fourth-order valence-corrected chi connectivity index (χ4v) is 2.17. The van der Waals surface area contributed by atoms with Crippen LogP contribution in [0.5, 0.6) is 6.01 Å². The van der Waals surface area contributed by atoms with Gasteiger partial charge in [-0.15, -0.1) is 0 Å². The molecule has 9 nitrogen and oxygen atoms in total. The molecule has 0 aliphatic carbocycles. The van der Waals surface area contributed by atoms with Crippen molar-refractivity contribution in [2.45, 2.75) is 25.7 Å². The largest absolute Gasteiger partial charge is 0.467 e. The maximum absolute atomic E-state index is 12.0. The highest BCUT2D eigenvalue weighted by molar-refractivity contribution is 5.76. The Morgan fingerprint density at radius 1 is 1.24 bits per heavy atom. The van der Waals surface area contributed by atoms with E-state index in [0.717, 1.165) is 25.9 Å². The van der Waals surface area contributed by atoms with Gasteiger partial charge in [-0.2, -0.15) is 15.0 Å². The number of amides is 1. The van der Waals surface area contributed by atoms with E-state index < -0.39 is 0 Å². The van der Waals surface area contributed by atoms with Crippen LogP contribution in [0.1, 0.15) is 25.7 Å². The molecule has 1 aliphatic heterocycles. The summed E-state index contributed by atoms with van der Waals surface area (Å²) >= 11 is 0. The third-order valence-electron chi connectivity index (χ3n) is 3.26. The van der Waals surface area contributed by atoms with Crippen LogP contribution in [0.3, 0.4) is 0 Å². The number of nitrogens with two attached hydrogens (primary N) is 1. The van der Waals surface area contributed by atoms with Crippen molar-refractivity contribution in [1.29, 1.82) is 0 Å². The lowest BCUT2D eigenvalue weighted by atomic mass is 10.1. The molecule has 116 valence electrons. The molecule has 2 rings (SSSR count). The third kappa shape index (κ3) is 4.42. The minimum atomic E-state index is 0.153. The molecule has 1 fully saturated rings. The third-order valence-corrected chi connectivity index (χ3v) is 3.26. The Bertz CT molecular complexity index is 454. The smallest absolute Gasteiger partial charge is 0.322 e. The zero-order valence-electron chi connectivity index (χ0n) is 12.1. The molecule has 0 bridgehead atoms. The Balaban J connectivity index is 1.83. The molecule has 2 heterocycles. The molecule has 21 heavy (non-hydrogen) atoms. The van der Waals surface area contributed by atoms with Gasteiger partial charge >= 0.3 is 6.01 Å². The molecule has 0 saturated carbocycles. The van der Waals surface area contributed by atoms with E-state index in [1.165, 1.54) is 13.5 Å². The van der Waals surface area contributed by atoms with Crippen LogP contribution in [0, 0.1) is 0 Å². The first-order valence-corrected chi connectivity index (χ1v) is 7.01. The maximum atomic E-state index is 12.0. The van der Waals surface area contributed by atoms with Crippen LogP contribution in [0.15, 0.2) is 0 Å². The van der Waals surface area contributed by atoms with Gasteiger partial charge in [0.05, 0.1) is 7.11 Å². The van der Waals surface area contributed by atoms with Gasteiger partial charge in [-0.05, 0) is 19.3 Å². The minimum absolute atomic E-state index is 0.153. The number of nitrogen functional groups attached to an aromatic ring is 1. The lowest BCUT2D eigenvalue weighted by Gasteiger charge is -2.26. The Hall–Kier alpha value is -2.16. The first kappa shape index (κ1) is 15.2. The van der Waals surface area contributed by atoms with E-state index in [4.69, 9.17) is 10.6 Å². The van der Waals surface area contributed by atoms with E-state index in [1.54, 1.807) is 0 Å². The van der Waals surface area contributed by atoms with Crippen LogP contribution in [-0.4, -0.2) is 52.5 Å². The average molecular weight is 295 g/mol. The van der Waals surface area contributed by atoms with Gasteiger partial charge in [0.15, 0.2) is 0 Å². The number of hydrogen-bond acceptors (Lipinski definition) is 8.